The molecule has 2 aromatic rings. The molecular formula is C11H9FN2O2S. The molecule has 2 aromatic heterocycles. The van der Waals surface area contributed by atoms with Crippen LogP contribution < -0.4 is 5.32 Å². The lowest BCUT2D eigenvalue weighted by Gasteiger charge is -2.03. The van der Waals surface area contributed by atoms with E-state index < -0.39 is 11.9 Å². The lowest BCUT2D eigenvalue weighted by molar-refractivity contribution is 0.0697. The van der Waals surface area contributed by atoms with Gasteiger partial charge in [-0.05, 0) is 18.2 Å². The van der Waals surface area contributed by atoms with Crippen LogP contribution in [-0.2, 0) is 6.54 Å². The number of carbonyl (C=O) groups is 1. The first kappa shape index (κ1) is 11.5. The zero-order chi connectivity index (χ0) is 12.3. The summed E-state index contributed by atoms with van der Waals surface area (Å²) in [7, 11) is 0. The number of anilines is 1. The number of nitrogens with one attached hydrogen (secondary N) is 1. The Morgan fingerprint density at radius 2 is 2.35 bits per heavy atom. The molecule has 0 saturated heterocycles. The summed E-state index contributed by atoms with van der Waals surface area (Å²) in [5.41, 5.74) is 0.973. The van der Waals surface area contributed by atoms with Crippen LogP contribution in [0.1, 0.15) is 15.2 Å². The molecule has 2 heterocycles. The maximum atomic E-state index is 12.5. The molecule has 2 N–H and O–H groups in total. The number of hydrogen-bond donors (Lipinski definition) is 2. The Morgan fingerprint density at radius 1 is 1.53 bits per heavy atom. The Balaban J connectivity index is 1.97. The molecule has 0 saturated carbocycles. The van der Waals surface area contributed by atoms with Crippen LogP contribution in [0.5, 0.6) is 0 Å². The minimum absolute atomic E-state index is 0.282. The molecule has 0 aromatic carbocycles. The van der Waals surface area contributed by atoms with E-state index in [1.807, 2.05) is 0 Å². The van der Waals surface area contributed by atoms with Crippen molar-refractivity contribution in [1.29, 1.82) is 0 Å². The highest BCUT2D eigenvalue weighted by atomic mass is 32.1. The zero-order valence-corrected chi connectivity index (χ0v) is 9.50. The number of rotatable bonds is 4. The quantitative estimate of drug-likeness (QED) is 0.821. The van der Waals surface area contributed by atoms with Gasteiger partial charge in [0.25, 0.3) is 0 Å². The maximum Gasteiger partial charge on any atom is 0.336 e. The van der Waals surface area contributed by atoms with E-state index in [2.05, 4.69) is 10.3 Å². The van der Waals surface area contributed by atoms with E-state index in [0.29, 0.717) is 12.2 Å². The lowest BCUT2D eigenvalue weighted by atomic mass is 10.3. The minimum Gasteiger partial charge on any atom is -0.478 e. The first-order valence-corrected chi connectivity index (χ1v) is 5.69. The molecule has 0 bridgehead atoms. The van der Waals surface area contributed by atoms with Gasteiger partial charge < -0.3 is 10.4 Å². The molecule has 4 nitrogen and oxygen atoms in total. The Hall–Kier alpha value is -1.95. The topological polar surface area (TPSA) is 62.2 Å². The molecule has 0 atom stereocenters. The van der Waals surface area contributed by atoms with Crippen LogP contribution in [-0.4, -0.2) is 16.1 Å². The average molecular weight is 252 g/mol. The predicted octanol–water partition coefficient (Wildman–Crippen LogP) is 2.59. The first-order chi connectivity index (χ1) is 8.15. The van der Waals surface area contributed by atoms with Crippen molar-refractivity contribution in [2.45, 2.75) is 6.54 Å². The van der Waals surface area contributed by atoms with E-state index in [1.54, 1.807) is 17.5 Å². The fourth-order valence-corrected chi connectivity index (χ4v) is 2.05. The molecular weight excluding hydrogens is 243 g/mol. The third kappa shape index (κ3) is 3.01. The van der Waals surface area contributed by atoms with Crippen molar-refractivity contribution in [3.8, 4) is 0 Å². The molecule has 0 spiro atoms. The van der Waals surface area contributed by atoms with E-state index in [9.17, 15) is 9.18 Å². The number of pyridine rings is 1. The first-order valence-electron chi connectivity index (χ1n) is 4.81. The van der Waals surface area contributed by atoms with Gasteiger partial charge in [0.1, 0.15) is 0 Å². The lowest BCUT2D eigenvalue weighted by Crippen LogP contribution is -1.98. The molecule has 2 rings (SSSR count). The van der Waals surface area contributed by atoms with Gasteiger partial charge in [0, 0.05) is 16.8 Å². The minimum atomic E-state index is -0.934. The second-order valence-corrected chi connectivity index (χ2v) is 4.33. The van der Waals surface area contributed by atoms with Gasteiger partial charge in [0.05, 0.1) is 17.4 Å². The highest BCUT2D eigenvalue weighted by Gasteiger charge is 2.06. The monoisotopic (exact) mass is 252 g/mol. The highest BCUT2D eigenvalue weighted by Crippen LogP contribution is 2.16. The van der Waals surface area contributed by atoms with Crippen LogP contribution >= 0.6 is 11.3 Å². The molecule has 88 valence electrons. The summed E-state index contributed by atoms with van der Waals surface area (Å²) in [5.74, 6) is -1.46. The summed E-state index contributed by atoms with van der Waals surface area (Å²) < 4.78 is 12.5. The van der Waals surface area contributed by atoms with E-state index in [1.165, 1.54) is 23.6 Å². The second-order valence-electron chi connectivity index (χ2n) is 3.33. The average Bonchev–Trinajstić information content (AvgIpc) is 2.77. The van der Waals surface area contributed by atoms with E-state index >= 15 is 0 Å². The van der Waals surface area contributed by atoms with Crippen LogP contribution in [0.15, 0.2) is 29.8 Å². The van der Waals surface area contributed by atoms with Gasteiger partial charge in [-0.1, -0.05) is 0 Å². The number of carboxylic acids is 1. The zero-order valence-electron chi connectivity index (χ0n) is 8.68. The third-order valence-corrected chi connectivity index (χ3v) is 3.03. The molecule has 17 heavy (non-hydrogen) atoms. The Kier molecular flexibility index (Phi) is 3.34. The predicted molar refractivity (Wildman–Crippen MR) is 62.8 cm³/mol. The molecule has 0 aliphatic carbocycles. The third-order valence-electron chi connectivity index (χ3n) is 2.09. The SMILES string of the molecule is O=C(O)c1csc(CNc2ccc(F)nc2)c1. The van der Waals surface area contributed by atoms with Crippen molar-refractivity contribution >= 4 is 23.0 Å². The van der Waals surface area contributed by atoms with Crippen molar-refractivity contribution in [2.24, 2.45) is 0 Å². The highest BCUT2D eigenvalue weighted by molar-refractivity contribution is 7.10. The van der Waals surface area contributed by atoms with Crippen molar-refractivity contribution in [2.75, 3.05) is 5.32 Å². The number of halogens is 1. The van der Waals surface area contributed by atoms with Crippen LogP contribution in [0.25, 0.3) is 0 Å². The van der Waals surface area contributed by atoms with Crippen LogP contribution in [0.3, 0.4) is 0 Å². The van der Waals surface area contributed by atoms with Crippen molar-refractivity contribution in [3.05, 3.63) is 46.2 Å². The number of carboxylic acid groups (broad SMARTS) is 1. The van der Waals surface area contributed by atoms with Gasteiger partial charge in [-0.2, -0.15) is 4.39 Å². The van der Waals surface area contributed by atoms with Crippen molar-refractivity contribution in [3.63, 3.8) is 0 Å². The van der Waals surface area contributed by atoms with Crippen molar-refractivity contribution in [1.82, 2.24) is 4.98 Å². The number of aromatic nitrogens is 1. The molecule has 0 fully saturated rings. The van der Waals surface area contributed by atoms with Gasteiger partial charge >= 0.3 is 5.97 Å². The second kappa shape index (κ2) is 4.92. The standard InChI is InChI=1S/C11H9FN2O2S/c12-10-2-1-8(4-14-10)13-5-9-3-7(6-17-9)11(15)16/h1-4,6,13H,5H2,(H,15,16). The summed E-state index contributed by atoms with van der Waals surface area (Å²) >= 11 is 1.36. The van der Waals surface area contributed by atoms with Gasteiger partial charge in [0.2, 0.25) is 5.95 Å². The number of aromatic carboxylic acids is 1. The van der Waals surface area contributed by atoms with E-state index in [-0.39, 0.29) is 5.56 Å². The number of hydrogen-bond acceptors (Lipinski definition) is 4. The largest absolute Gasteiger partial charge is 0.478 e. The van der Waals surface area contributed by atoms with Gasteiger partial charge in [-0.25, -0.2) is 9.78 Å². The molecule has 0 radical (unpaired) electrons. The fourth-order valence-electron chi connectivity index (χ4n) is 1.26. The van der Waals surface area contributed by atoms with Gasteiger partial charge in [-0.3, -0.25) is 0 Å². The van der Waals surface area contributed by atoms with Crippen LogP contribution in [0, 0.1) is 5.95 Å². The van der Waals surface area contributed by atoms with E-state index in [0.717, 1.165) is 4.88 Å². The summed E-state index contributed by atoms with van der Waals surface area (Å²) in [6.07, 6.45) is 1.39. The summed E-state index contributed by atoms with van der Waals surface area (Å²) in [4.78, 5) is 15.1. The number of thiophene rings is 1. The van der Waals surface area contributed by atoms with Crippen molar-refractivity contribution < 1.29 is 14.3 Å². The molecule has 0 unspecified atom stereocenters. The summed E-state index contributed by atoms with van der Waals surface area (Å²) in [5, 5.41) is 13.4. The van der Waals surface area contributed by atoms with Crippen LogP contribution in [0.2, 0.25) is 0 Å². The van der Waals surface area contributed by atoms with Gasteiger partial charge in [0.15, 0.2) is 0 Å². The fraction of sp³-hybridized carbons (Fsp3) is 0.0909. The Bertz CT molecular complexity index is 525. The molecule has 0 amide bonds. The Morgan fingerprint density at radius 3 is 2.94 bits per heavy atom. The summed E-state index contributed by atoms with van der Waals surface area (Å²) in [6, 6.07) is 4.45. The van der Waals surface area contributed by atoms with Crippen LogP contribution in [0.4, 0.5) is 10.1 Å². The molecule has 0 aliphatic heterocycles. The molecule has 0 aliphatic rings. The molecule has 6 heteroatoms. The maximum absolute atomic E-state index is 12.5. The number of nitrogens with zero attached hydrogens (tertiary/aromatic N) is 1. The normalized spacial score (nSPS) is 10.2. The smallest absolute Gasteiger partial charge is 0.336 e. The Labute approximate surface area is 101 Å². The van der Waals surface area contributed by atoms with Gasteiger partial charge in [-0.15, -0.1) is 11.3 Å². The van der Waals surface area contributed by atoms with E-state index in [4.69, 9.17) is 5.11 Å². The summed E-state index contributed by atoms with van der Waals surface area (Å²) in [6.45, 7) is 0.491.